The summed E-state index contributed by atoms with van der Waals surface area (Å²) in [6.07, 6.45) is 2.58. The Bertz CT molecular complexity index is 1660. The number of nitrogens with zero attached hydrogens (tertiary/aromatic N) is 2. The van der Waals surface area contributed by atoms with Crippen molar-refractivity contribution in [2.24, 2.45) is 0 Å². The quantitative estimate of drug-likeness (QED) is 0.0834. The lowest BCUT2D eigenvalue weighted by Gasteiger charge is -2.13. The molecule has 6 nitrogen and oxygen atoms in total. The highest BCUT2D eigenvalue weighted by Gasteiger charge is 2.32. The highest BCUT2D eigenvalue weighted by atomic mass is 32.2. The first-order valence-electron chi connectivity index (χ1n) is 15.8. The summed E-state index contributed by atoms with van der Waals surface area (Å²) in [6, 6.07) is 17.9. The zero-order chi connectivity index (χ0) is 33.8. The van der Waals surface area contributed by atoms with Gasteiger partial charge in [0.1, 0.15) is 12.4 Å². The molecule has 0 amide bonds. The van der Waals surface area contributed by atoms with E-state index < -0.39 is 22.5 Å². The van der Waals surface area contributed by atoms with Gasteiger partial charge in [0.05, 0.1) is 46.4 Å². The Morgan fingerprint density at radius 2 is 1.66 bits per heavy atom. The fourth-order valence-electron chi connectivity index (χ4n) is 4.99. The van der Waals surface area contributed by atoms with Gasteiger partial charge in [-0.3, -0.25) is 9.00 Å². The number of ketones is 1. The van der Waals surface area contributed by atoms with E-state index in [4.69, 9.17) is 9.47 Å². The van der Waals surface area contributed by atoms with Crippen LogP contribution in [0, 0.1) is 6.92 Å². The number of ether oxygens (including phenoxy) is 2. The van der Waals surface area contributed by atoms with Crippen LogP contribution < -0.4 is 4.74 Å². The molecule has 1 heterocycles. The van der Waals surface area contributed by atoms with E-state index in [0.29, 0.717) is 52.9 Å². The molecule has 0 radical (unpaired) electrons. The number of alkyl halides is 3. The lowest BCUT2D eigenvalue weighted by atomic mass is 9.98. The Labute approximate surface area is 277 Å². The van der Waals surface area contributed by atoms with Crippen molar-refractivity contribution in [3.05, 3.63) is 107 Å². The lowest BCUT2D eigenvalue weighted by Crippen LogP contribution is -2.08. The number of benzene rings is 3. The molecule has 0 aliphatic carbocycles. The van der Waals surface area contributed by atoms with E-state index in [1.54, 1.807) is 54.9 Å². The molecule has 250 valence electrons. The van der Waals surface area contributed by atoms with Gasteiger partial charge >= 0.3 is 6.18 Å². The van der Waals surface area contributed by atoms with Gasteiger partial charge in [0.2, 0.25) is 0 Å². The molecule has 0 bridgehead atoms. The highest BCUT2D eigenvalue weighted by Crippen LogP contribution is 2.35. The van der Waals surface area contributed by atoms with Gasteiger partial charge in [-0.1, -0.05) is 56.7 Å². The van der Waals surface area contributed by atoms with E-state index in [0.717, 1.165) is 43.3 Å². The molecule has 0 saturated heterocycles. The van der Waals surface area contributed by atoms with Gasteiger partial charge in [0, 0.05) is 24.5 Å². The Hall–Kier alpha value is -4.02. The van der Waals surface area contributed by atoms with Gasteiger partial charge in [-0.05, 0) is 84.5 Å². The number of carbonyl (C=O) groups excluding carboxylic acids is 1. The smallest absolute Gasteiger partial charge is 0.416 e. The van der Waals surface area contributed by atoms with Gasteiger partial charge in [0.25, 0.3) is 0 Å². The second kappa shape index (κ2) is 17.2. The first-order chi connectivity index (χ1) is 22.6. The van der Waals surface area contributed by atoms with Gasteiger partial charge in [0.15, 0.2) is 5.78 Å². The number of aryl methyl sites for hydroxylation is 2. The van der Waals surface area contributed by atoms with Gasteiger partial charge in [-0.2, -0.15) is 13.2 Å². The molecule has 0 aliphatic rings. The second-order valence-electron chi connectivity index (χ2n) is 11.2. The highest BCUT2D eigenvalue weighted by molar-refractivity contribution is 7.84. The van der Waals surface area contributed by atoms with Crippen LogP contribution in [0.1, 0.15) is 61.2 Å². The van der Waals surface area contributed by atoms with Crippen molar-refractivity contribution in [2.75, 3.05) is 19.8 Å². The number of hydrogen-bond donors (Lipinski definition) is 0. The van der Waals surface area contributed by atoms with Crippen molar-refractivity contribution >= 4 is 22.7 Å². The van der Waals surface area contributed by atoms with Gasteiger partial charge < -0.3 is 14.0 Å². The third kappa shape index (κ3) is 10.5. The van der Waals surface area contributed by atoms with Crippen molar-refractivity contribution in [3.8, 4) is 16.9 Å². The molecule has 1 unspecified atom stereocenters. The maximum atomic E-state index is 13.9. The van der Waals surface area contributed by atoms with Crippen LogP contribution in [0.15, 0.2) is 84.0 Å². The van der Waals surface area contributed by atoms with Crippen molar-refractivity contribution in [2.45, 2.75) is 69.8 Å². The minimum atomic E-state index is -4.59. The summed E-state index contributed by atoms with van der Waals surface area (Å²) in [7, 11) is -1.30. The lowest BCUT2D eigenvalue weighted by molar-refractivity contribution is -0.137. The zero-order valence-corrected chi connectivity index (χ0v) is 27.8. The van der Waals surface area contributed by atoms with Crippen LogP contribution in [0.3, 0.4) is 0 Å². The van der Waals surface area contributed by atoms with Crippen LogP contribution in [0.4, 0.5) is 13.2 Å². The average molecular weight is 667 g/mol. The van der Waals surface area contributed by atoms with E-state index >= 15 is 0 Å². The summed E-state index contributed by atoms with van der Waals surface area (Å²) in [5.41, 5.74) is 2.83. The third-order valence-corrected chi connectivity index (χ3v) is 8.92. The largest absolute Gasteiger partial charge is 0.491 e. The number of imidazole rings is 1. The van der Waals surface area contributed by atoms with Crippen molar-refractivity contribution < 1.29 is 31.6 Å². The zero-order valence-electron chi connectivity index (χ0n) is 27.0. The monoisotopic (exact) mass is 666 g/mol. The molecule has 10 heteroatoms. The summed E-state index contributed by atoms with van der Waals surface area (Å²) in [4.78, 5) is 17.8. The van der Waals surface area contributed by atoms with Crippen molar-refractivity contribution in [1.29, 1.82) is 0 Å². The van der Waals surface area contributed by atoms with Gasteiger partial charge in [-0.15, -0.1) is 0 Å². The number of allylic oxidation sites excluding steroid dienone is 1. The molecule has 4 aromatic rings. The number of aromatic nitrogens is 2. The van der Waals surface area contributed by atoms with E-state index in [2.05, 4.69) is 18.8 Å². The minimum Gasteiger partial charge on any atom is -0.491 e. The molecule has 0 spiro atoms. The maximum Gasteiger partial charge on any atom is 0.416 e. The standard InChI is InChI=1S/C37H41F3N2O4S/c1-4-6-20-45-21-22-46-33-14-10-29(11-15-33)30-12-18-35(37(38,39)40)31(24-30)9-13-32(43)23-28-7-16-34(17-8-28)47(44)25-36-27(3)41-26-42(36)19-5-2/h7-18,24,26H,4-6,19-23,25H2,1-3H3/b13-9+. The summed E-state index contributed by atoms with van der Waals surface area (Å²) < 4.78 is 67.8. The van der Waals surface area contributed by atoms with E-state index in [-0.39, 0.29) is 17.8 Å². The molecule has 0 N–H and O–H groups in total. The Balaban J connectivity index is 1.40. The van der Waals surface area contributed by atoms with Crippen molar-refractivity contribution in [1.82, 2.24) is 9.55 Å². The average Bonchev–Trinajstić information content (AvgIpc) is 3.39. The maximum absolute atomic E-state index is 13.9. The topological polar surface area (TPSA) is 70.4 Å². The van der Waals surface area contributed by atoms with E-state index in [1.807, 2.05) is 11.5 Å². The molecule has 0 aliphatic heterocycles. The van der Waals surface area contributed by atoms with Gasteiger partial charge in [-0.25, -0.2) is 4.98 Å². The number of halogens is 3. The number of hydrogen-bond acceptors (Lipinski definition) is 5. The Kier molecular flexibility index (Phi) is 13.1. The Morgan fingerprint density at radius 3 is 2.34 bits per heavy atom. The van der Waals surface area contributed by atoms with E-state index in [1.165, 1.54) is 24.3 Å². The molecular formula is C37H41F3N2O4S. The van der Waals surface area contributed by atoms with E-state index in [9.17, 15) is 22.2 Å². The molecule has 0 fully saturated rings. The first kappa shape index (κ1) is 35.8. The molecule has 1 atom stereocenters. The second-order valence-corrected chi connectivity index (χ2v) is 12.7. The SMILES string of the molecule is CCCCOCCOc1ccc(-c2ccc(C(F)(F)F)c(/C=C/C(=O)Cc3ccc(S(=O)Cc4c(C)ncn4CCC)cc3)c2)cc1. The van der Waals surface area contributed by atoms with Crippen LogP contribution in [-0.2, 0) is 45.2 Å². The fourth-order valence-corrected chi connectivity index (χ4v) is 6.22. The summed E-state index contributed by atoms with van der Waals surface area (Å²) in [6.45, 7) is 8.44. The third-order valence-electron chi connectivity index (χ3n) is 7.58. The van der Waals surface area contributed by atoms with Crippen LogP contribution in [-0.4, -0.2) is 39.4 Å². The number of carbonyl (C=O) groups is 1. The molecular weight excluding hydrogens is 625 g/mol. The summed E-state index contributed by atoms with van der Waals surface area (Å²) in [5.74, 6) is 0.621. The van der Waals surface area contributed by atoms with Crippen LogP contribution in [0.2, 0.25) is 0 Å². The molecule has 1 aromatic heterocycles. The first-order valence-corrected chi connectivity index (χ1v) is 17.1. The number of rotatable bonds is 17. The predicted molar refractivity (Wildman–Crippen MR) is 180 cm³/mol. The van der Waals surface area contributed by atoms with Crippen LogP contribution >= 0.6 is 0 Å². The Morgan fingerprint density at radius 1 is 0.936 bits per heavy atom. The molecule has 0 saturated carbocycles. The van der Waals surface area contributed by atoms with Crippen molar-refractivity contribution in [3.63, 3.8) is 0 Å². The summed E-state index contributed by atoms with van der Waals surface area (Å²) >= 11 is 0. The van der Waals surface area contributed by atoms with Crippen LogP contribution in [0.5, 0.6) is 5.75 Å². The predicted octanol–water partition coefficient (Wildman–Crippen LogP) is 8.62. The minimum absolute atomic E-state index is 0.00204. The molecule has 47 heavy (non-hydrogen) atoms. The fraction of sp³-hybridized carbons (Fsp3) is 0.351. The normalized spacial score (nSPS) is 12.5. The number of unbranched alkanes of at least 4 members (excludes halogenated alkanes) is 1. The molecule has 4 rings (SSSR count). The molecule has 3 aromatic carbocycles. The van der Waals surface area contributed by atoms with Crippen LogP contribution in [0.25, 0.3) is 17.2 Å². The summed E-state index contributed by atoms with van der Waals surface area (Å²) in [5, 5.41) is 0.